The first-order chi connectivity index (χ1) is 6.88. The third kappa shape index (κ3) is 3.51. The molecule has 1 heteroatoms. The molecular formula is C13H20N. The van der Waals surface area contributed by atoms with Gasteiger partial charge in [-0.05, 0) is 37.3 Å². The van der Waals surface area contributed by atoms with Gasteiger partial charge in [0.2, 0.25) is 0 Å². The Morgan fingerprint density at radius 1 is 1.21 bits per heavy atom. The van der Waals surface area contributed by atoms with Crippen molar-refractivity contribution in [3.8, 4) is 0 Å². The summed E-state index contributed by atoms with van der Waals surface area (Å²) in [5.41, 5.74) is 6.91. The Bertz CT molecular complexity index is 230. The van der Waals surface area contributed by atoms with Crippen LogP contribution in [0.4, 0.5) is 0 Å². The molecule has 1 aromatic rings. The number of nitrogens with two attached hydrogens (primary N) is 1. The molecule has 1 radical (unpaired) electrons. The Balaban J connectivity index is 2.46. The van der Waals surface area contributed by atoms with Crippen LogP contribution in [0.15, 0.2) is 30.3 Å². The van der Waals surface area contributed by atoms with E-state index in [-0.39, 0.29) is 0 Å². The summed E-state index contributed by atoms with van der Waals surface area (Å²) in [7, 11) is 0. The van der Waals surface area contributed by atoms with Crippen LogP contribution in [-0.2, 0) is 0 Å². The van der Waals surface area contributed by atoms with E-state index in [1.165, 1.54) is 18.4 Å². The van der Waals surface area contributed by atoms with Gasteiger partial charge in [-0.2, -0.15) is 0 Å². The second-order valence-electron chi connectivity index (χ2n) is 3.63. The molecule has 0 amide bonds. The lowest BCUT2D eigenvalue weighted by Gasteiger charge is -2.14. The molecule has 0 fully saturated rings. The van der Waals surface area contributed by atoms with Gasteiger partial charge in [0.05, 0.1) is 0 Å². The normalized spacial score (nSPS) is 12.7. The predicted octanol–water partition coefficient (Wildman–Crippen LogP) is 3.12. The van der Waals surface area contributed by atoms with E-state index in [0.717, 1.165) is 13.0 Å². The summed E-state index contributed by atoms with van der Waals surface area (Å²) in [5, 5.41) is 0. The minimum Gasteiger partial charge on any atom is -0.330 e. The van der Waals surface area contributed by atoms with Gasteiger partial charge in [-0.25, -0.2) is 0 Å². The lowest BCUT2D eigenvalue weighted by atomic mass is 9.91. The molecule has 0 saturated carbocycles. The summed E-state index contributed by atoms with van der Waals surface area (Å²) in [6, 6.07) is 10.7. The molecule has 0 aliphatic carbocycles. The van der Waals surface area contributed by atoms with Gasteiger partial charge in [0.25, 0.3) is 0 Å². The van der Waals surface area contributed by atoms with E-state index in [2.05, 4.69) is 43.7 Å². The molecule has 1 aromatic carbocycles. The SMILES string of the molecule is C[CH]C(CCCCN)c1ccccc1. The van der Waals surface area contributed by atoms with Crippen LogP contribution < -0.4 is 5.73 Å². The Hall–Kier alpha value is -0.820. The summed E-state index contributed by atoms with van der Waals surface area (Å²) >= 11 is 0. The first-order valence-electron chi connectivity index (χ1n) is 5.43. The summed E-state index contributed by atoms with van der Waals surface area (Å²) < 4.78 is 0. The van der Waals surface area contributed by atoms with Crippen molar-refractivity contribution >= 4 is 0 Å². The van der Waals surface area contributed by atoms with Gasteiger partial charge in [-0.1, -0.05) is 43.7 Å². The van der Waals surface area contributed by atoms with Crippen LogP contribution in [0.25, 0.3) is 0 Å². The van der Waals surface area contributed by atoms with Gasteiger partial charge >= 0.3 is 0 Å². The van der Waals surface area contributed by atoms with Gasteiger partial charge in [0.15, 0.2) is 0 Å². The highest BCUT2D eigenvalue weighted by atomic mass is 14.5. The maximum atomic E-state index is 5.48. The van der Waals surface area contributed by atoms with Crippen molar-refractivity contribution in [2.75, 3.05) is 6.54 Å². The second kappa shape index (κ2) is 6.61. The average molecular weight is 190 g/mol. The quantitative estimate of drug-likeness (QED) is 0.685. The molecule has 0 heterocycles. The van der Waals surface area contributed by atoms with E-state index < -0.39 is 0 Å². The van der Waals surface area contributed by atoms with Crippen LogP contribution in [0.1, 0.15) is 37.7 Å². The molecule has 1 rings (SSSR count). The zero-order chi connectivity index (χ0) is 10.2. The maximum Gasteiger partial charge on any atom is -0.00773 e. The van der Waals surface area contributed by atoms with E-state index in [1.807, 2.05) is 0 Å². The van der Waals surface area contributed by atoms with E-state index in [0.29, 0.717) is 5.92 Å². The van der Waals surface area contributed by atoms with Crippen molar-refractivity contribution in [2.45, 2.75) is 32.1 Å². The molecule has 0 spiro atoms. The van der Waals surface area contributed by atoms with Gasteiger partial charge < -0.3 is 5.73 Å². The molecule has 0 aliphatic rings. The van der Waals surface area contributed by atoms with Crippen LogP contribution in [0.2, 0.25) is 0 Å². The fraction of sp³-hybridized carbons (Fsp3) is 0.462. The number of hydrogen-bond acceptors (Lipinski definition) is 1. The molecule has 1 unspecified atom stereocenters. The van der Waals surface area contributed by atoms with Crippen LogP contribution in [-0.4, -0.2) is 6.54 Å². The van der Waals surface area contributed by atoms with E-state index in [9.17, 15) is 0 Å². The van der Waals surface area contributed by atoms with Crippen LogP contribution >= 0.6 is 0 Å². The van der Waals surface area contributed by atoms with Gasteiger partial charge in [-0.15, -0.1) is 0 Å². The van der Waals surface area contributed by atoms with Crippen molar-refractivity contribution in [3.05, 3.63) is 42.3 Å². The lowest BCUT2D eigenvalue weighted by Crippen LogP contribution is -2.02. The second-order valence-corrected chi connectivity index (χ2v) is 3.63. The van der Waals surface area contributed by atoms with E-state index in [1.54, 1.807) is 0 Å². The van der Waals surface area contributed by atoms with Gasteiger partial charge in [0.1, 0.15) is 0 Å². The molecule has 14 heavy (non-hydrogen) atoms. The molecule has 77 valence electrons. The highest BCUT2D eigenvalue weighted by Crippen LogP contribution is 2.23. The highest BCUT2D eigenvalue weighted by molar-refractivity contribution is 5.21. The Labute approximate surface area is 87.3 Å². The summed E-state index contributed by atoms with van der Waals surface area (Å²) in [5.74, 6) is 0.600. The number of hydrogen-bond donors (Lipinski definition) is 1. The first-order valence-corrected chi connectivity index (χ1v) is 5.43. The first kappa shape index (κ1) is 11.3. The van der Waals surface area contributed by atoms with Gasteiger partial charge in [0, 0.05) is 0 Å². The Kier molecular flexibility index (Phi) is 5.31. The lowest BCUT2D eigenvalue weighted by molar-refractivity contribution is 0.621. The molecule has 0 saturated heterocycles. The van der Waals surface area contributed by atoms with Crippen molar-refractivity contribution in [1.82, 2.24) is 0 Å². The molecule has 1 nitrogen and oxygen atoms in total. The number of rotatable bonds is 6. The third-order valence-corrected chi connectivity index (χ3v) is 2.60. The molecule has 0 aliphatic heterocycles. The monoisotopic (exact) mass is 190 g/mol. The molecule has 1 atom stereocenters. The molecule has 2 N–H and O–H groups in total. The fourth-order valence-corrected chi connectivity index (χ4v) is 1.73. The average Bonchev–Trinajstić information content (AvgIpc) is 2.26. The molecule has 0 aromatic heterocycles. The smallest absolute Gasteiger partial charge is 0.00773 e. The topological polar surface area (TPSA) is 26.0 Å². The number of unbranched alkanes of at least 4 members (excludes halogenated alkanes) is 1. The third-order valence-electron chi connectivity index (χ3n) is 2.60. The fourth-order valence-electron chi connectivity index (χ4n) is 1.73. The van der Waals surface area contributed by atoms with Crippen LogP contribution in [0.3, 0.4) is 0 Å². The van der Waals surface area contributed by atoms with Crippen LogP contribution in [0.5, 0.6) is 0 Å². The van der Waals surface area contributed by atoms with Crippen molar-refractivity contribution in [2.24, 2.45) is 5.73 Å². The minimum atomic E-state index is 0.600. The number of benzene rings is 1. The summed E-state index contributed by atoms with van der Waals surface area (Å²) in [6.45, 7) is 2.95. The van der Waals surface area contributed by atoms with Gasteiger partial charge in [-0.3, -0.25) is 0 Å². The van der Waals surface area contributed by atoms with Crippen molar-refractivity contribution in [1.29, 1.82) is 0 Å². The minimum absolute atomic E-state index is 0.600. The Morgan fingerprint density at radius 2 is 1.93 bits per heavy atom. The van der Waals surface area contributed by atoms with E-state index >= 15 is 0 Å². The largest absolute Gasteiger partial charge is 0.330 e. The van der Waals surface area contributed by atoms with Crippen LogP contribution in [0, 0.1) is 6.42 Å². The van der Waals surface area contributed by atoms with Crippen molar-refractivity contribution < 1.29 is 0 Å². The summed E-state index contributed by atoms with van der Waals surface area (Å²) in [4.78, 5) is 0. The summed E-state index contributed by atoms with van der Waals surface area (Å²) in [6.07, 6.45) is 5.86. The molecule has 0 bridgehead atoms. The molecular weight excluding hydrogens is 170 g/mol. The highest BCUT2D eigenvalue weighted by Gasteiger charge is 2.07. The Morgan fingerprint density at radius 3 is 2.50 bits per heavy atom. The maximum absolute atomic E-state index is 5.48. The van der Waals surface area contributed by atoms with E-state index in [4.69, 9.17) is 5.73 Å². The zero-order valence-corrected chi connectivity index (χ0v) is 8.95. The standard InChI is InChI=1S/C13H20N/c1-2-12(8-6-7-11-14)13-9-4-3-5-10-13/h2-5,9-10,12H,6-8,11,14H2,1H3. The zero-order valence-electron chi connectivity index (χ0n) is 8.95. The predicted molar refractivity (Wildman–Crippen MR) is 62.1 cm³/mol. The van der Waals surface area contributed by atoms with Crippen molar-refractivity contribution in [3.63, 3.8) is 0 Å².